The molecule has 0 spiro atoms. The molecule has 4 rings (SSSR count). The number of hydrogen-bond acceptors (Lipinski definition) is 5. The quantitative estimate of drug-likeness (QED) is 0.448. The van der Waals surface area contributed by atoms with E-state index in [1.54, 1.807) is 41.3 Å². The number of fused-ring (bicyclic) bond motifs is 1. The predicted octanol–water partition coefficient (Wildman–Crippen LogP) is 4.83. The highest BCUT2D eigenvalue weighted by Crippen LogP contribution is 2.40. The first-order valence-electron chi connectivity index (χ1n) is 10.1. The molecule has 0 saturated carbocycles. The zero-order valence-electron chi connectivity index (χ0n) is 17.4. The minimum absolute atomic E-state index is 0.0942. The van der Waals surface area contributed by atoms with Crippen molar-refractivity contribution in [2.75, 3.05) is 23.7 Å². The number of benzene rings is 3. The van der Waals surface area contributed by atoms with E-state index in [4.69, 9.17) is 23.2 Å². The number of amides is 1. The van der Waals surface area contributed by atoms with Gasteiger partial charge in [-0.25, -0.2) is 8.42 Å². The number of sulfonamides is 1. The number of carbonyl (C=O) groups is 1. The first kappa shape index (κ1) is 24.2. The molecule has 1 saturated heterocycles. The smallest absolute Gasteiger partial charge is 0.264 e. The van der Waals surface area contributed by atoms with E-state index < -0.39 is 24.7 Å². The molecule has 0 aromatic heterocycles. The maximum absolute atomic E-state index is 13.8. The Kier molecular flexibility index (Phi) is 7.15. The molecule has 3 aromatic carbocycles. The topological polar surface area (TPSA) is 98.1 Å². The third-order valence-electron chi connectivity index (χ3n) is 5.45. The average Bonchev–Trinajstić information content (AvgIpc) is 3.30. The van der Waals surface area contributed by atoms with Crippen molar-refractivity contribution in [3.8, 4) is 0 Å². The van der Waals surface area contributed by atoms with Crippen molar-refractivity contribution in [2.45, 2.75) is 17.7 Å². The highest BCUT2D eigenvalue weighted by molar-refractivity contribution is 7.93. The Labute approximate surface area is 203 Å². The molecular weight excluding hydrogens is 506 g/mol. The minimum Gasteiger partial charge on any atom is -0.349 e. The summed E-state index contributed by atoms with van der Waals surface area (Å²) < 4.78 is 28.5. The maximum Gasteiger partial charge on any atom is 0.264 e. The van der Waals surface area contributed by atoms with Crippen molar-refractivity contribution in [3.05, 3.63) is 70.2 Å². The van der Waals surface area contributed by atoms with Crippen molar-refractivity contribution in [1.82, 2.24) is 4.90 Å². The minimum atomic E-state index is -4.38. The van der Waals surface area contributed by atoms with Gasteiger partial charge in [-0.3, -0.25) is 9.10 Å². The van der Waals surface area contributed by atoms with Gasteiger partial charge in [0, 0.05) is 28.5 Å². The van der Waals surface area contributed by atoms with Crippen molar-refractivity contribution in [2.24, 2.45) is 0 Å². The highest BCUT2D eigenvalue weighted by Gasteiger charge is 2.33. The molecule has 7 nitrogen and oxygen atoms in total. The lowest BCUT2D eigenvalue weighted by molar-refractivity contribution is 0.0793. The van der Waals surface area contributed by atoms with Gasteiger partial charge in [-0.1, -0.05) is 53.5 Å². The van der Waals surface area contributed by atoms with Crippen LogP contribution in [-0.2, 0) is 10.0 Å². The molecule has 33 heavy (non-hydrogen) atoms. The predicted molar refractivity (Wildman–Crippen MR) is 131 cm³/mol. The zero-order valence-corrected chi connectivity index (χ0v) is 20.6. The summed E-state index contributed by atoms with van der Waals surface area (Å²) in [6.07, 6.45) is 1.11. The highest BCUT2D eigenvalue weighted by atomic mass is 35.5. The van der Waals surface area contributed by atoms with Gasteiger partial charge in [0.1, 0.15) is 6.29 Å². The van der Waals surface area contributed by atoms with Crippen LogP contribution < -0.4 is 4.31 Å². The van der Waals surface area contributed by atoms with Gasteiger partial charge in [0.15, 0.2) is 8.38 Å². The van der Waals surface area contributed by atoms with Crippen LogP contribution in [0, 0.1) is 0 Å². The van der Waals surface area contributed by atoms with Crippen LogP contribution in [0.15, 0.2) is 59.5 Å². The van der Waals surface area contributed by atoms with Crippen LogP contribution in [-0.4, -0.2) is 48.4 Å². The number of carbonyl (C=O) groups excluding carboxylic acids is 1. The molecule has 0 radical (unpaired) electrons. The van der Waals surface area contributed by atoms with Crippen LogP contribution in [0.2, 0.25) is 10.0 Å². The van der Waals surface area contributed by atoms with E-state index in [-0.39, 0.29) is 32.1 Å². The summed E-state index contributed by atoms with van der Waals surface area (Å²) in [6, 6.07) is 14.2. The number of likely N-dealkylation sites (tertiary alicyclic amines) is 1. The summed E-state index contributed by atoms with van der Waals surface area (Å²) >= 11 is 12.1. The molecule has 174 valence electrons. The van der Waals surface area contributed by atoms with Crippen LogP contribution in [0.4, 0.5) is 5.69 Å². The fraction of sp³-hybridized carbons (Fsp3) is 0.227. The zero-order chi connectivity index (χ0) is 23.8. The number of anilines is 1. The largest absolute Gasteiger partial charge is 0.349 e. The number of halogens is 2. The van der Waals surface area contributed by atoms with E-state index in [1.165, 1.54) is 18.2 Å². The number of nitrogens with zero attached hydrogens (tertiary/aromatic N) is 2. The van der Waals surface area contributed by atoms with E-state index in [0.717, 1.165) is 17.1 Å². The molecule has 0 aliphatic carbocycles. The Bertz CT molecular complexity index is 1290. The third-order valence-corrected chi connectivity index (χ3v) is 8.34. The molecule has 3 aromatic rings. The molecule has 1 amide bonds. The summed E-state index contributed by atoms with van der Waals surface area (Å²) in [7, 11) is -7.05. The lowest BCUT2D eigenvalue weighted by Gasteiger charge is -2.29. The van der Waals surface area contributed by atoms with Crippen molar-refractivity contribution >= 4 is 64.0 Å². The molecule has 0 unspecified atom stereocenters. The Morgan fingerprint density at radius 2 is 1.64 bits per heavy atom. The lowest BCUT2D eigenvalue weighted by atomic mass is 10.0. The normalized spacial score (nSPS) is 14.3. The van der Waals surface area contributed by atoms with Crippen molar-refractivity contribution in [1.29, 1.82) is 0 Å². The van der Waals surface area contributed by atoms with Crippen molar-refractivity contribution < 1.29 is 23.0 Å². The fourth-order valence-electron chi connectivity index (χ4n) is 3.97. The van der Waals surface area contributed by atoms with Crippen LogP contribution in [0.25, 0.3) is 10.8 Å². The molecule has 0 bridgehead atoms. The molecule has 1 fully saturated rings. The molecule has 1 heterocycles. The standard InChI is InChI=1S/C22H21Cl2N2O5PS/c23-16-11-17(24)13-18(12-16)33(30,31)26(14-32(28)29)21-19-6-2-1-5-15(19)7-8-20(21)22(27)25-9-3-4-10-25/h1-2,5-8,11-13,28-29H,3-4,9-10,14H2. The molecule has 0 atom stereocenters. The van der Waals surface area contributed by atoms with Gasteiger partial charge in [-0.15, -0.1) is 0 Å². The third kappa shape index (κ3) is 4.97. The van der Waals surface area contributed by atoms with Gasteiger partial charge in [0.2, 0.25) is 0 Å². The van der Waals surface area contributed by atoms with Gasteiger partial charge >= 0.3 is 0 Å². The first-order chi connectivity index (χ1) is 15.7. The maximum atomic E-state index is 13.8. The number of hydrogen-bond donors (Lipinski definition) is 2. The molecule has 1 aliphatic heterocycles. The van der Waals surface area contributed by atoms with Gasteiger partial charge in [0.25, 0.3) is 15.9 Å². The van der Waals surface area contributed by atoms with Crippen molar-refractivity contribution in [3.63, 3.8) is 0 Å². The second-order valence-electron chi connectivity index (χ2n) is 7.65. The SMILES string of the molecule is O=C(c1ccc2ccccc2c1N(CP(O)O)S(=O)(=O)c1cc(Cl)cc(Cl)c1)N1CCCC1. The number of rotatable bonds is 6. The summed E-state index contributed by atoms with van der Waals surface area (Å²) in [6.45, 7) is 1.16. The average molecular weight is 527 g/mol. The van der Waals surface area contributed by atoms with Gasteiger partial charge in [-0.05, 0) is 42.5 Å². The summed E-state index contributed by atoms with van der Waals surface area (Å²) in [4.78, 5) is 34.6. The second kappa shape index (κ2) is 9.74. The van der Waals surface area contributed by atoms with Crippen LogP contribution in [0.5, 0.6) is 0 Å². The molecule has 11 heteroatoms. The Morgan fingerprint density at radius 3 is 2.27 bits per heavy atom. The Morgan fingerprint density at radius 1 is 1.00 bits per heavy atom. The molecule has 1 aliphatic rings. The van der Waals surface area contributed by atoms with Gasteiger partial charge in [0.05, 0.1) is 16.1 Å². The summed E-state index contributed by atoms with van der Waals surface area (Å²) in [5, 5.41) is 1.43. The molecular formula is C22H21Cl2N2O5PS. The van der Waals surface area contributed by atoms with Crippen LogP contribution >= 0.6 is 31.6 Å². The van der Waals surface area contributed by atoms with E-state index in [2.05, 4.69) is 0 Å². The van der Waals surface area contributed by atoms with Gasteiger partial charge in [-0.2, -0.15) is 0 Å². The Balaban J connectivity index is 1.98. The van der Waals surface area contributed by atoms with E-state index in [9.17, 15) is 23.0 Å². The summed E-state index contributed by atoms with van der Waals surface area (Å²) in [5.74, 6) is -0.308. The lowest BCUT2D eigenvalue weighted by Crippen LogP contribution is -2.35. The first-order valence-corrected chi connectivity index (χ1v) is 13.8. The Hall–Kier alpha value is -1.93. The summed E-state index contributed by atoms with van der Waals surface area (Å²) in [5.41, 5.74) is 0.265. The van der Waals surface area contributed by atoms with Gasteiger partial charge < -0.3 is 14.7 Å². The van der Waals surface area contributed by atoms with E-state index in [1.807, 2.05) is 0 Å². The molecule has 2 N–H and O–H groups in total. The van der Waals surface area contributed by atoms with E-state index >= 15 is 0 Å². The monoisotopic (exact) mass is 526 g/mol. The second-order valence-corrected chi connectivity index (χ2v) is 11.4. The fourth-order valence-corrected chi connectivity index (χ4v) is 7.16. The van der Waals surface area contributed by atoms with Crippen LogP contribution in [0.3, 0.4) is 0 Å². The van der Waals surface area contributed by atoms with E-state index in [0.29, 0.717) is 23.9 Å². The van der Waals surface area contributed by atoms with Crippen LogP contribution in [0.1, 0.15) is 23.2 Å².